The van der Waals surface area contributed by atoms with Gasteiger partial charge in [-0.3, -0.25) is 0 Å². The SMILES string of the molecule is CC(C)(C)NCCOc1ccccc1CC=Cc1cccc2[nH]ccc12. The standard InChI is InChI=1S/C23H28N2O/c1-23(2,3)25-16-17-26-22-13-5-4-8-19(22)11-6-9-18-10-7-12-21-20(18)14-15-24-21/h4-10,12-15,24-25H,11,16-17H2,1-3H3. The van der Waals surface area contributed by atoms with Crippen molar-refractivity contribution < 1.29 is 4.74 Å². The molecule has 3 nitrogen and oxygen atoms in total. The zero-order valence-corrected chi connectivity index (χ0v) is 15.9. The molecule has 2 aromatic carbocycles. The van der Waals surface area contributed by atoms with Crippen molar-refractivity contribution in [2.45, 2.75) is 32.7 Å². The number of aromatic amines is 1. The summed E-state index contributed by atoms with van der Waals surface area (Å²) in [6, 6.07) is 16.7. The lowest BCUT2D eigenvalue weighted by Crippen LogP contribution is -2.38. The quantitative estimate of drug-likeness (QED) is 0.577. The van der Waals surface area contributed by atoms with E-state index in [1.165, 1.54) is 22.0 Å². The lowest BCUT2D eigenvalue weighted by atomic mass is 10.1. The van der Waals surface area contributed by atoms with E-state index in [9.17, 15) is 0 Å². The highest BCUT2D eigenvalue weighted by Crippen LogP contribution is 2.21. The van der Waals surface area contributed by atoms with E-state index in [-0.39, 0.29) is 5.54 Å². The van der Waals surface area contributed by atoms with Crippen LogP contribution in [-0.4, -0.2) is 23.7 Å². The van der Waals surface area contributed by atoms with Crippen LogP contribution in [-0.2, 0) is 6.42 Å². The molecule has 136 valence electrons. The number of benzene rings is 2. The monoisotopic (exact) mass is 348 g/mol. The first kappa shape index (κ1) is 18.3. The van der Waals surface area contributed by atoms with Crippen LogP contribution in [0.25, 0.3) is 17.0 Å². The van der Waals surface area contributed by atoms with E-state index < -0.39 is 0 Å². The van der Waals surface area contributed by atoms with E-state index in [0.717, 1.165) is 18.7 Å². The molecule has 0 spiro atoms. The van der Waals surface area contributed by atoms with E-state index in [1.54, 1.807) is 0 Å². The average Bonchev–Trinajstić information content (AvgIpc) is 3.08. The third-order valence-corrected chi connectivity index (χ3v) is 4.25. The Hall–Kier alpha value is -2.52. The molecule has 0 saturated heterocycles. The highest BCUT2D eigenvalue weighted by atomic mass is 16.5. The van der Waals surface area contributed by atoms with Crippen molar-refractivity contribution in [1.82, 2.24) is 10.3 Å². The Balaban J connectivity index is 1.62. The number of ether oxygens (including phenoxy) is 1. The largest absolute Gasteiger partial charge is 0.492 e. The molecule has 1 aromatic heterocycles. The van der Waals surface area contributed by atoms with Gasteiger partial charge in [0.05, 0.1) is 0 Å². The Morgan fingerprint density at radius 2 is 1.88 bits per heavy atom. The Labute approximate surface area is 156 Å². The summed E-state index contributed by atoms with van der Waals surface area (Å²) in [5, 5.41) is 4.70. The molecule has 3 aromatic rings. The minimum Gasteiger partial charge on any atom is -0.492 e. The maximum Gasteiger partial charge on any atom is 0.122 e. The summed E-state index contributed by atoms with van der Waals surface area (Å²) >= 11 is 0. The van der Waals surface area contributed by atoms with E-state index in [0.29, 0.717) is 6.61 Å². The van der Waals surface area contributed by atoms with Crippen LogP contribution in [0.15, 0.2) is 60.8 Å². The van der Waals surface area contributed by atoms with Gasteiger partial charge in [0.15, 0.2) is 0 Å². The van der Waals surface area contributed by atoms with Crippen molar-refractivity contribution in [2.75, 3.05) is 13.2 Å². The van der Waals surface area contributed by atoms with Gasteiger partial charge >= 0.3 is 0 Å². The number of aromatic nitrogens is 1. The third kappa shape index (κ3) is 4.99. The smallest absolute Gasteiger partial charge is 0.122 e. The molecule has 1 heterocycles. The van der Waals surface area contributed by atoms with Crippen LogP contribution in [0.5, 0.6) is 5.75 Å². The average molecular weight is 348 g/mol. The van der Waals surface area contributed by atoms with Crippen molar-refractivity contribution in [3.8, 4) is 5.75 Å². The van der Waals surface area contributed by atoms with E-state index in [4.69, 9.17) is 4.74 Å². The summed E-state index contributed by atoms with van der Waals surface area (Å²) in [6.07, 6.45) is 7.23. The van der Waals surface area contributed by atoms with Crippen LogP contribution in [0.3, 0.4) is 0 Å². The molecule has 0 atom stereocenters. The zero-order valence-electron chi connectivity index (χ0n) is 15.9. The van der Waals surface area contributed by atoms with Crippen LogP contribution in [0.1, 0.15) is 31.9 Å². The predicted octanol–water partition coefficient (Wildman–Crippen LogP) is 5.19. The van der Waals surface area contributed by atoms with Crippen molar-refractivity contribution in [1.29, 1.82) is 0 Å². The van der Waals surface area contributed by atoms with Crippen molar-refractivity contribution in [2.24, 2.45) is 0 Å². The summed E-state index contributed by atoms with van der Waals surface area (Å²) in [4.78, 5) is 3.26. The molecule has 0 fully saturated rings. The summed E-state index contributed by atoms with van der Waals surface area (Å²) in [5.74, 6) is 0.965. The third-order valence-electron chi connectivity index (χ3n) is 4.25. The predicted molar refractivity (Wildman–Crippen MR) is 111 cm³/mol. The molecule has 0 bridgehead atoms. The van der Waals surface area contributed by atoms with Gasteiger partial charge in [-0.25, -0.2) is 0 Å². The normalized spacial score (nSPS) is 12.1. The number of allylic oxidation sites excluding steroid dienone is 1. The van der Waals surface area contributed by atoms with Gasteiger partial charge in [0.1, 0.15) is 12.4 Å². The van der Waals surface area contributed by atoms with Crippen LogP contribution in [0.2, 0.25) is 0 Å². The lowest BCUT2D eigenvalue weighted by molar-refractivity contribution is 0.289. The van der Waals surface area contributed by atoms with Gasteiger partial charge in [-0.2, -0.15) is 0 Å². The molecule has 0 aliphatic carbocycles. The topological polar surface area (TPSA) is 37.0 Å². The summed E-state index contributed by atoms with van der Waals surface area (Å²) < 4.78 is 5.99. The second-order valence-corrected chi connectivity index (χ2v) is 7.53. The number of hydrogen-bond acceptors (Lipinski definition) is 2. The first-order valence-electron chi connectivity index (χ1n) is 9.21. The number of fused-ring (bicyclic) bond motifs is 1. The van der Waals surface area contributed by atoms with Crippen molar-refractivity contribution >= 4 is 17.0 Å². The molecule has 2 N–H and O–H groups in total. The molecule has 3 rings (SSSR count). The van der Waals surface area contributed by atoms with Crippen LogP contribution in [0, 0.1) is 0 Å². The summed E-state index contributed by atoms with van der Waals surface area (Å²) in [5.41, 5.74) is 3.73. The first-order chi connectivity index (χ1) is 12.5. The molecule has 3 heteroatoms. The number of H-pyrrole nitrogens is 1. The minimum atomic E-state index is 0.116. The van der Waals surface area contributed by atoms with Crippen molar-refractivity contribution in [3.63, 3.8) is 0 Å². The maximum absolute atomic E-state index is 5.99. The van der Waals surface area contributed by atoms with E-state index >= 15 is 0 Å². The maximum atomic E-state index is 5.99. The Bertz CT molecular complexity index is 871. The highest BCUT2D eigenvalue weighted by molar-refractivity contribution is 5.88. The lowest BCUT2D eigenvalue weighted by Gasteiger charge is -2.20. The fourth-order valence-corrected chi connectivity index (χ4v) is 2.97. The molecular formula is C23H28N2O. The molecule has 0 aliphatic rings. The van der Waals surface area contributed by atoms with Gasteiger partial charge in [0.2, 0.25) is 0 Å². The van der Waals surface area contributed by atoms with E-state index in [1.807, 2.05) is 18.3 Å². The van der Waals surface area contributed by atoms with Gasteiger partial charge in [-0.15, -0.1) is 0 Å². The highest BCUT2D eigenvalue weighted by Gasteiger charge is 2.08. The molecule has 0 radical (unpaired) electrons. The molecule has 0 amide bonds. The first-order valence-corrected chi connectivity index (χ1v) is 9.21. The minimum absolute atomic E-state index is 0.116. The Morgan fingerprint density at radius 3 is 2.73 bits per heavy atom. The summed E-state index contributed by atoms with van der Waals surface area (Å²) in [6.45, 7) is 7.99. The van der Waals surface area contributed by atoms with Gasteiger partial charge in [0, 0.05) is 29.2 Å². The Kier molecular flexibility index (Phi) is 5.79. The van der Waals surface area contributed by atoms with E-state index in [2.05, 4.69) is 79.6 Å². The number of hydrogen-bond donors (Lipinski definition) is 2. The molecule has 0 aliphatic heterocycles. The van der Waals surface area contributed by atoms with Gasteiger partial charge in [0.25, 0.3) is 0 Å². The van der Waals surface area contributed by atoms with Crippen LogP contribution >= 0.6 is 0 Å². The fraction of sp³-hybridized carbons (Fsp3) is 0.304. The fourth-order valence-electron chi connectivity index (χ4n) is 2.97. The second kappa shape index (κ2) is 8.24. The molecular weight excluding hydrogens is 320 g/mol. The van der Waals surface area contributed by atoms with Gasteiger partial charge in [-0.05, 0) is 56.5 Å². The van der Waals surface area contributed by atoms with Gasteiger partial charge < -0.3 is 15.0 Å². The number of para-hydroxylation sites is 1. The molecule has 0 unspecified atom stereocenters. The molecule has 26 heavy (non-hydrogen) atoms. The van der Waals surface area contributed by atoms with Crippen molar-refractivity contribution in [3.05, 3.63) is 71.9 Å². The molecule has 0 saturated carbocycles. The van der Waals surface area contributed by atoms with Gasteiger partial charge in [-0.1, -0.05) is 42.5 Å². The summed E-state index contributed by atoms with van der Waals surface area (Å²) in [7, 11) is 0. The number of nitrogens with one attached hydrogen (secondary N) is 2. The number of rotatable bonds is 7. The zero-order chi connectivity index (χ0) is 18.4. The Morgan fingerprint density at radius 1 is 1.04 bits per heavy atom. The van der Waals surface area contributed by atoms with Crippen LogP contribution in [0.4, 0.5) is 0 Å². The second-order valence-electron chi connectivity index (χ2n) is 7.53. The van der Waals surface area contributed by atoms with Crippen LogP contribution < -0.4 is 10.1 Å².